The van der Waals surface area contributed by atoms with Gasteiger partial charge in [0.05, 0.1) is 52.8 Å². The first-order valence-corrected chi connectivity index (χ1v) is 17.8. The summed E-state index contributed by atoms with van der Waals surface area (Å²) in [6.45, 7) is 6.41. The SMILES string of the molecule is CCOC(=O)c1ccc(COc2c(Cl)cc(/C=c3\sc4n(c3=O)[C@H](c3ccc(OCC)cc3)C(C(=O)Nc3ccccc3)=C(C)N=4)cc2OC)cc1. The summed E-state index contributed by atoms with van der Waals surface area (Å²) in [5.74, 6) is 0.635. The Labute approximate surface area is 309 Å². The third kappa shape index (κ3) is 7.80. The molecule has 0 bridgehead atoms. The molecule has 0 unspecified atom stereocenters. The molecule has 10 nitrogen and oxygen atoms in total. The van der Waals surface area contributed by atoms with Gasteiger partial charge in [-0.15, -0.1) is 0 Å². The van der Waals surface area contributed by atoms with Gasteiger partial charge in [-0.2, -0.15) is 0 Å². The number of amides is 1. The highest BCUT2D eigenvalue weighted by Crippen LogP contribution is 2.37. The second kappa shape index (κ2) is 16.1. The molecule has 0 radical (unpaired) electrons. The first-order valence-electron chi connectivity index (χ1n) is 16.6. The Morgan fingerprint density at radius 1 is 0.962 bits per heavy atom. The molecule has 1 aliphatic rings. The molecule has 52 heavy (non-hydrogen) atoms. The smallest absolute Gasteiger partial charge is 0.338 e. The highest BCUT2D eigenvalue weighted by atomic mass is 35.5. The number of hydrogen-bond donors (Lipinski definition) is 1. The van der Waals surface area contributed by atoms with Crippen molar-refractivity contribution in [2.24, 2.45) is 4.99 Å². The number of esters is 1. The van der Waals surface area contributed by atoms with E-state index in [4.69, 9.17) is 35.5 Å². The van der Waals surface area contributed by atoms with Crippen LogP contribution in [0.4, 0.5) is 5.69 Å². The van der Waals surface area contributed by atoms with Gasteiger partial charge in [0.15, 0.2) is 16.3 Å². The molecule has 1 amide bonds. The van der Waals surface area contributed by atoms with Crippen LogP contribution in [-0.2, 0) is 16.1 Å². The first-order chi connectivity index (χ1) is 25.2. The molecule has 1 aromatic heterocycles. The molecule has 2 heterocycles. The second-order valence-electron chi connectivity index (χ2n) is 11.6. The number of carbonyl (C=O) groups is 2. The van der Waals surface area contributed by atoms with Crippen molar-refractivity contribution >= 4 is 46.6 Å². The topological polar surface area (TPSA) is 117 Å². The van der Waals surface area contributed by atoms with Crippen LogP contribution in [-0.4, -0.2) is 36.8 Å². The van der Waals surface area contributed by atoms with Crippen LogP contribution in [0.5, 0.6) is 17.2 Å². The van der Waals surface area contributed by atoms with Gasteiger partial charge in [0.1, 0.15) is 12.4 Å². The number of hydrogen-bond acceptors (Lipinski definition) is 9. The van der Waals surface area contributed by atoms with Crippen molar-refractivity contribution in [3.05, 3.63) is 149 Å². The quantitative estimate of drug-likeness (QED) is 0.142. The molecular formula is C40H36ClN3O7S. The van der Waals surface area contributed by atoms with Gasteiger partial charge in [-0.25, -0.2) is 9.79 Å². The zero-order valence-corrected chi connectivity index (χ0v) is 30.5. The number of fused-ring (bicyclic) bond motifs is 1. The number of methoxy groups -OCH3 is 1. The third-order valence-corrected chi connectivity index (χ3v) is 9.47. The number of nitrogens with one attached hydrogen (secondary N) is 1. The molecule has 1 N–H and O–H groups in total. The molecule has 0 spiro atoms. The first kappa shape index (κ1) is 36.2. The van der Waals surface area contributed by atoms with E-state index in [2.05, 4.69) is 5.32 Å². The van der Waals surface area contributed by atoms with E-state index in [1.165, 1.54) is 18.4 Å². The van der Waals surface area contributed by atoms with E-state index in [1.54, 1.807) is 73.0 Å². The van der Waals surface area contributed by atoms with Crippen LogP contribution in [0.25, 0.3) is 6.08 Å². The highest BCUT2D eigenvalue weighted by Gasteiger charge is 2.32. The number of nitrogens with zero attached hydrogens (tertiary/aromatic N) is 2. The fraction of sp³-hybridized carbons (Fsp3) is 0.200. The molecule has 1 aliphatic heterocycles. The lowest BCUT2D eigenvalue weighted by molar-refractivity contribution is -0.113. The van der Waals surface area contributed by atoms with Crippen molar-refractivity contribution in [2.45, 2.75) is 33.4 Å². The fourth-order valence-corrected chi connectivity index (χ4v) is 7.10. The van der Waals surface area contributed by atoms with E-state index in [9.17, 15) is 14.4 Å². The molecule has 6 rings (SSSR count). The van der Waals surface area contributed by atoms with Gasteiger partial charge in [0, 0.05) is 5.69 Å². The van der Waals surface area contributed by atoms with Crippen molar-refractivity contribution in [1.82, 2.24) is 4.57 Å². The van der Waals surface area contributed by atoms with E-state index < -0.39 is 12.0 Å². The fourth-order valence-electron chi connectivity index (χ4n) is 5.78. The Kier molecular flexibility index (Phi) is 11.2. The molecule has 0 fully saturated rings. The lowest BCUT2D eigenvalue weighted by Crippen LogP contribution is -2.40. The van der Waals surface area contributed by atoms with Crippen molar-refractivity contribution in [3.63, 3.8) is 0 Å². The van der Waals surface area contributed by atoms with Crippen molar-refractivity contribution in [1.29, 1.82) is 0 Å². The molecule has 266 valence electrons. The standard InChI is InChI=1S/C40H36ClN3O7S/c1-5-49-30-18-16-27(17-19-30)35-34(37(45)43-29-10-8-7-9-11-29)24(3)42-40-44(35)38(46)33(52-40)22-26-20-31(41)36(32(21-26)48-4)51-23-25-12-14-28(15-13-25)39(47)50-6-2/h7-22,35H,5-6,23H2,1-4H3,(H,43,45)/b33-22-/t35-/m1/s1. The maximum atomic E-state index is 14.3. The highest BCUT2D eigenvalue weighted by molar-refractivity contribution is 7.07. The van der Waals surface area contributed by atoms with Crippen LogP contribution in [0.1, 0.15) is 53.9 Å². The molecule has 4 aromatic carbocycles. The molecule has 5 aromatic rings. The summed E-state index contributed by atoms with van der Waals surface area (Å²) < 4.78 is 24.3. The van der Waals surface area contributed by atoms with Crippen LogP contribution in [0.15, 0.2) is 112 Å². The number of thiazole rings is 1. The number of aromatic nitrogens is 1. The van der Waals surface area contributed by atoms with Crippen LogP contribution < -0.4 is 34.4 Å². The van der Waals surface area contributed by atoms with Gasteiger partial charge < -0.3 is 24.3 Å². The van der Waals surface area contributed by atoms with Crippen LogP contribution in [0.2, 0.25) is 5.02 Å². The zero-order valence-electron chi connectivity index (χ0n) is 29.0. The number of anilines is 1. The Hall–Kier alpha value is -5.65. The predicted octanol–water partition coefficient (Wildman–Crippen LogP) is 6.69. The molecule has 12 heteroatoms. The van der Waals surface area contributed by atoms with Gasteiger partial charge in [-0.3, -0.25) is 14.2 Å². The summed E-state index contributed by atoms with van der Waals surface area (Å²) >= 11 is 7.93. The number of allylic oxidation sites excluding steroid dienone is 1. The van der Waals surface area contributed by atoms with Gasteiger partial charge in [0.2, 0.25) is 0 Å². The number of benzene rings is 4. The van der Waals surface area contributed by atoms with E-state index in [0.717, 1.165) is 11.1 Å². The zero-order chi connectivity index (χ0) is 36.8. The average Bonchev–Trinajstić information content (AvgIpc) is 3.44. The summed E-state index contributed by atoms with van der Waals surface area (Å²) in [7, 11) is 1.51. The minimum atomic E-state index is -0.752. The number of ether oxygens (including phenoxy) is 4. The minimum Gasteiger partial charge on any atom is -0.494 e. The largest absolute Gasteiger partial charge is 0.494 e. The summed E-state index contributed by atoms with van der Waals surface area (Å²) in [5, 5.41) is 3.25. The number of halogens is 1. The Morgan fingerprint density at radius 2 is 1.69 bits per heavy atom. The maximum Gasteiger partial charge on any atom is 0.338 e. The van der Waals surface area contributed by atoms with Crippen LogP contribution in [0, 0.1) is 0 Å². The van der Waals surface area contributed by atoms with Crippen LogP contribution >= 0.6 is 22.9 Å². The maximum absolute atomic E-state index is 14.3. The van der Waals surface area contributed by atoms with E-state index in [1.807, 2.05) is 49.4 Å². The normalized spacial score (nSPS) is 13.9. The van der Waals surface area contributed by atoms with Crippen molar-refractivity contribution < 1.29 is 28.5 Å². The lowest BCUT2D eigenvalue weighted by Gasteiger charge is -2.25. The monoisotopic (exact) mass is 737 g/mol. The van der Waals surface area contributed by atoms with E-state index >= 15 is 0 Å². The molecule has 0 aliphatic carbocycles. The Morgan fingerprint density at radius 3 is 2.37 bits per heavy atom. The van der Waals surface area contributed by atoms with Gasteiger partial charge in [0.25, 0.3) is 11.5 Å². The number of rotatable bonds is 12. The lowest BCUT2D eigenvalue weighted by atomic mass is 9.95. The average molecular weight is 738 g/mol. The third-order valence-electron chi connectivity index (χ3n) is 8.20. The number of carbonyl (C=O) groups excluding carboxylic acids is 2. The summed E-state index contributed by atoms with van der Waals surface area (Å²) in [4.78, 5) is 45.3. The second-order valence-corrected chi connectivity index (χ2v) is 13.1. The minimum absolute atomic E-state index is 0.169. The van der Waals surface area contributed by atoms with Gasteiger partial charge >= 0.3 is 5.97 Å². The molecular weight excluding hydrogens is 702 g/mol. The summed E-state index contributed by atoms with van der Waals surface area (Å²) in [6, 6.07) is 26.1. The van der Waals surface area contributed by atoms with Crippen molar-refractivity contribution in [3.8, 4) is 17.2 Å². The van der Waals surface area contributed by atoms with E-state index in [0.29, 0.717) is 67.9 Å². The summed E-state index contributed by atoms with van der Waals surface area (Å²) in [6.07, 6.45) is 1.72. The van der Waals surface area contributed by atoms with Crippen molar-refractivity contribution in [2.75, 3.05) is 25.6 Å². The van der Waals surface area contributed by atoms with E-state index in [-0.39, 0.29) is 23.1 Å². The molecule has 0 saturated carbocycles. The molecule has 0 saturated heterocycles. The predicted molar refractivity (Wildman–Crippen MR) is 201 cm³/mol. The summed E-state index contributed by atoms with van der Waals surface area (Å²) in [5.41, 5.74) is 3.76. The van der Waals surface area contributed by atoms with Crippen LogP contribution in [0.3, 0.4) is 0 Å². The van der Waals surface area contributed by atoms with Gasteiger partial charge in [-0.05, 0) is 92.1 Å². The Balaban J connectivity index is 1.34. The molecule has 1 atom stereocenters. The number of para-hydroxylation sites is 1. The Bertz CT molecular complexity index is 2320. The van der Waals surface area contributed by atoms with Gasteiger partial charge in [-0.1, -0.05) is 65.4 Å².